The minimum Gasteiger partial charge on any atom is -0.307 e. The smallest absolute Gasteiger partial charge is 0.257 e. The zero-order chi connectivity index (χ0) is 17.7. The van der Waals surface area contributed by atoms with Crippen molar-refractivity contribution in [1.82, 2.24) is 9.29 Å². The maximum absolute atomic E-state index is 12.6. The summed E-state index contributed by atoms with van der Waals surface area (Å²) in [7, 11) is -3.61. The number of pyridine rings is 1. The molecule has 0 saturated carbocycles. The van der Waals surface area contributed by atoms with Crippen LogP contribution in [0.3, 0.4) is 0 Å². The van der Waals surface area contributed by atoms with Gasteiger partial charge in [-0.2, -0.15) is 4.31 Å². The van der Waals surface area contributed by atoms with Crippen LogP contribution in [0, 0.1) is 6.92 Å². The van der Waals surface area contributed by atoms with E-state index >= 15 is 0 Å². The van der Waals surface area contributed by atoms with Crippen LogP contribution in [-0.4, -0.2) is 36.7 Å². The third-order valence-electron chi connectivity index (χ3n) is 3.70. The molecule has 0 bridgehead atoms. The molecule has 128 valence electrons. The molecule has 24 heavy (non-hydrogen) atoms. The Kier molecular flexibility index (Phi) is 5.69. The summed E-state index contributed by atoms with van der Waals surface area (Å²) in [5.74, 6) is 0.0294. The molecule has 1 aromatic carbocycles. The van der Waals surface area contributed by atoms with Crippen molar-refractivity contribution < 1.29 is 13.2 Å². The van der Waals surface area contributed by atoms with E-state index in [1.165, 1.54) is 16.4 Å². The monoisotopic (exact) mass is 347 g/mol. The van der Waals surface area contributed by atoms with Crippen molar-refractivity contribution in [2.75, 3.05) is 18.4 Å². The second kappa shape index (κ2) is 7.55. The van der Waals surface area contributed by atoms with E-state index in [9.17, 15) is 13.2 Å². The lowest BCUT2D eigenvalue weighted by molar-refractivity contribution is 0.102. The molecular formula is C17H21N3O3S. The van der Waals surface area contributed by atoms with Gasteiger partial charge in [-0.3, -0.25) is 4.79 Å². The molecular weight excluding hydrogens is 326 g/mol. The van der Waals surface area contributed by atoms with E-state index in [0.717, 1.165) is 0 Å². The van der Waals surface area contributed by atoms with Crippen molar-refractivity contribution in [2.45, 2.75) is 25.7 Å². The number of anilines is 1. The lowest BCUT2D eigenvalue weighted by atomic mass is 10.1. The van der Waals surface area contributed by atoms with E-state index in [1.54, 1.807) is 51.2 Å². The number of nitrogens with one attached hydrogen (secondary N) is 1. The molecule has 0 aliphatic rings. The minimum atomic E-state index is -3.61. The average Bonchev–Trinajstić information content (AvgIpc) is 2.56. The van der Waals surface area contributed by atoms with E-state index < -0.39 is 10.0 Å². The molecule has 1 N–H and O–H groups in total. The summed E-state index contributed by atoms with van der Waals surface area (Å²) in [6, 6.07) is 9.77. The molecule has 0 radical (unpaired) electrons. The van der Waals surface area contributed by atoms with Gasteiger partial charge in [0, 0.05) is 24.8 Å². The van der Waals surface area contributed by atoms with Gasteiger partial charge in [-0.1, -0.05) is 26.0 Å². The average molecular weight is 347 g/mol. The highest BCUT2D eigenvalue weighted by molar-refractivity contribution is 7.89. The summed E-state index contributed by atoms with van der Waals surface area (Å²) in [5, 5.41) is 2.68. The molecule has 0 unspecified atom stereocenters. The molecule has 6 nitrogen and oxygen atoms in total. The maximum Gasteiger partial charge on any atom is 0.257 e. The Hall–Kier alpha value is -2.25. The van der Waals surface area contributed by atoms with Crippen LogP contribution in [0.4, 0.5) is 5.82 Å². The van der Waals surface area contributed by atoms with Gasteiger partial charge in [0.1, 0.15) is 5.82 Å². The van der Waals surface area contributed by atoms with Crippen LogP contribution >= 0.6 is 0 Å². The van der Waals surface area contributed by atoms with Crippen molar-refractivity contribution in [3.05, 3.63) is 53.7 Å². The normalized spacial score (nSPS) is 11.5. The van der Waals surface area contributed by atoms with E-state index in [-0.39, 0.29) is 10.8 Å². The first kappa shape index (κ1) is 18.1. The van der Waals surface area contributed by atoms with E-state index in [1.807, 2.05) is 0 Å². The number of rotatable bonds is 6. The van der Waals surface area contributed by atoms with Crippen molar-refractivity contribution in [2.24, 2.45) is 0 Å². The summed E-state index contributed by atoms with van der Waals surface area (Å²) >= 11 is 0. The molecule has 1 heterocycles. The Bertz CT molecular complexity index is 816. The Morgan fingerprint density at radius 2 is 1.88 bits per heavy atom. The van der Waals surface area contributed by atoms with Gasteiger partial charge < -0.3 is 5.32 Å². The molecule has 1 aromatic heterocycles. The molecule has 0 aliphatic carbocycles. The van der Waals surface area contributed by atoms with Gasteiger partial charge in [0.15, 0.2) is 0 Å². The van der Waals surface area contributed by atoms with Crippen LogP contribution in [0.1, 0.15) is 29.8 Å². The Morgan fingerprint density at radius 1 is 1.17 bits per heavy atom. The minimum absolute atomic E-state index is 0.114. The largest absolute Gasteiger partial charge is 0.307 e. The molecule has 7 heteroatoms. The van der Waals surface area contributed by atoms with Crippen LogP contribution in [-0.2, 0) is 10.0 Å². The zero-order valence-electron chi connectivity index (χ0n) is 14.0. The second-order valence-electron chi connectivity index (χ2n) is 5.24. The van der Waals surface area contributed by atoms with E-state index in [4.69, 9.17) is 0 Å². The molecule has 2 aromatic rings. The van der Waals surface area contributed by atoms with E-state index in [2.05, 4.69) is 10.3 Å². The highest BCUT2D eigenvalue weighted by atomic mass is 32.2. The number of aromatic nitrogens is 1. The number of nitrogens with zero attached hydrogens (tertiary/aromatic N) is 2. The summed E-state index contributed by atoms with van der Waals surface area (Å²) in [4.78, 5) is 16.6. The van der Waals surface area contributed by atoms with Crippen molar-refractivity contribution in [3.63, 3.8) is 0 Å². The van der Waals surface area contributed by atoms with Crippen LogP contribution in [0.25, 0.3) is 0 Å². The topological polar surface area (TPSA) is 79.4 Å². The quantitative estimate of drug-likeness (QED) is 0.871. The van der Waals surface area contributed by atoms with Crippen molar-refractivity contribution in [1.29, 1.82) is 0 Å². The van der Waals surface area contributed by atoms with Crippen LogP contribution in [0.5, 0.6) is 0 Å². The number of hydrogen-bond donors (Lipinski definition) is 1. The van der Waals surface area contributed by atoms with Gasteiger partial charge in [-0.25, -0.2) is 13.4 Å². The fourth-order valence-corrected chi connectivity index (χ4v) is 3.82. The van der Waals surface area contributed by atoms with Gasteiger partial charge in [-0.15, -0.1) is 0 Å². The molecule has 0 saturated heterocycles. The van der Waals surface area contributed by atoms with Gasteiger partial charge in [-0.05, 0) is 36.8 Å². The summed E-state index contributed by atoms with van der Waals surface area (Å²) < 4.78 is 26.6. The van der Waals surface area contributed by atoms with Crippen LogP contribution in [0.15, 0.2) is 47.5 Å². The molecule has 0 atom stereocenters. The van der Waals surface area contributed by atoms with Gasteiger partial charge in [0.25, 0.3) is 5.91 Å². The maximum atomic E-state index is 12.6. The predicted octanol–water partition coefficient (Wildman–Crippen LogP) is 2.67. The molecule has 0 aliphatic heterocycles. The number of aryl methyl sites for hydroxylation is 1. The lowest BCUT2D eigenvalue weighted by Gasteiger charge is -2.19. The third-order valence-corrected chi connectivity index (χ3v) is 5.75. The first-order valence-electron chi connectivity index (χ1n) is 7.73. The van der Waals surface area contributed by atoms with E-state index in [0.29, 0.717) is 30.0 Å². The van der Waals surface area contributed by atoms with Crippen molar-refractivity contribution >= 4 is 21.7 Å². The Morgan fingerprint density at radius 3 is 2.46 bits per heavy atom. The fourth-order valence-electron chi connectivity index (χ4n) is 2.34. The van der Waals surface area contributed by atoms with Gasteiger partial charge in [0.2, 0.25) is 10.0 Å². The molecule has 2 rings (SSSR count). The molecule has 1 amide bonds. The number of benzene rings is 1. The highest BCUT2D eigenvalue weighted by Gasteiger charge is 2.23. The number of sulfonamides is 1. The van der Waals surface area contributed by atoms with Crippen molar-refractivity contribution in [3.8, 4) is 0 Å². The highest BCUT2D eigenvalue weighted by Crippen LogP contribution is 2.20. The van der Waals surface area contributed by atoms with Gasteiger partial charge >= 0.3 is 0 Å². The first-order chi connectivity index (χ1) is 11.4. The summed E-state index contributed by atoms with van der Waals surface area (Å²) in [6.07, 6.45) is 1.57. The molecule has 0 fully saturated rings. The van der Waals surface area contributed by atoms with Crippen LogP contribution < -0.4 is 5.32 Å². The number of amides is 1. The number of carbonyl (C=O) groups is 1. The number of hydrogen-bond acceptors (Lipinski definition) is 4. The Balaban J connectivity index is 2.37. The standard InChI is InChI=1S/C17H21N3O3S/c1-4-20(5-2)24(22,23)14-10-9-13(3)15(12-14)17(21)19-16-8-6-7-11-18-16/h6-12H,4-5H2,1-3H3,(H,18,19,21). The molecule has 0 spiro atoms. The first-order valence-corrected chi connectivity index (χ1v) is 9.17. The van der Waals surface area contributed by atoms with Crippen LogP contribution in [0.2, 0.25) is 0 Å². The summed E-state index contributed by atoms with van der Waals surface area (Å²) in [5.41, 5.74) is 1.01. The number of carbonyl (C=O) groups excluding carboxylic acids is 1. The zero-order valence-corrected chi connectivity index (χ0v) is 14.8. The summed E-state index contributed by atoms with van der Waals surface area (Å²) in [6.45, 7) is 6.08. The third kappa shape index (κ3) is 3.80. The Labute approximate surface area is 142 Å². The predicted molar refractivity (Wildman–Crippen MR) is 93.5 cm³/mol. The fraction of sp³-hybridized carbons (Fsp3) is 0.294. The lowest BCUT2D eigenvalue weighted by Crippen LogP contribution is -2.30. The SMILES string of the molecule is CCN(CC)S(=O)(=O)c1ccc(C)c(C(=O)Nc2ccccn2)c1. The van der Waals surface area contributed by atoms with Gasteiger partial charge in [0.05, 0.1) is 4.90 Å². The second-order valence-corrected chi connectivity index (χ2v) is 7.17.